The van der Waals surface area contributed by atoms with Gasteiger partial charge in [0, 0.05) is 12.1 Å². The predicted octanol–water partition coefficient (Wildman–Crippen LogP) is 3.60. The molecule has 0 aromatic heterocycles. The molecule has 1 atom stereocenters. The number of nitrogens with zero attached hydrogens (tertiary/aromatic N) is 2. The van der Waals surface area contributed by atoms with Gasteiger partial charge in [0.2, 0.25) is 5.91 Å². The van der Waals surface area contributed by atoms with Gasteiger partial charge in [-0.1, -0.05) is 54.6 Å². The van der Waals surface area contributed by atoms with Crippen LogP contribution < -0.4 is 5.32 Å². The van der Waals surface area contributed by atoms with E-state index in [0.29, 0.717) is 13.0 Å². The maximum Gasteiger partial charge on any atom is 0.325 e. The summed E-state index contributed by atoms with van der Waals surface area (Å²) in [6.45, 7) is 6.02. The van der Waals surface area contributed by atoms with Gasteiger partial charge in [-0.2, -0.15) is 0 Å². The zero-order valence-corrected chi connectivity index (χ0v) is 18.4. The number of imide groups is 1. The fraction of sp³-hybridized carbons (Fsp3) is 0.400. The minimum atomic E-state index is -1.06. The summed E-state index contributed by atoms with van der Waals surface area (Å²) in [5.41, 5.74) is 1.42. The molecule has 2 aromatic carbocycles. The van der Waals surface area contributed by atoms with Crippen LogP contribution in [0.15, 0.2) is 54.6 Å². The second-order valence-electron chi connectivity index (χ2n) is 9.37. The van der Waals surface area contributed by atoms with Crippen LogP contribution in [0, 0.1) is 0 Å². The van der Waals surface area contributed by atoms with Crippen molar-refractivity contribution in [3.8, 4) is 0 Å². The van der Waals surface area contributed by atoms with Gasteiger partial charge in [0.05, 0.1) is 0 Å². The first-order valence-electron chi connectivity index (χ1n) is 10.8. The molecule has 0 radical (unpaired) electrons. The van der Waals surface area contributed by atoms with Crippen molar-refractivity contribution in [1.82, 2.24) is 15.1 Å². The maximum absolute atomic E-state index is 13.5. The molecule has 1 heterocycles. The Morgan fingerprint density at radius 3 is 2.45 bits per heavy atom. The summed E-state index contributed by atoms with van der Waals surface area (Å²) in [7, 11) is 0. The highest BCUT2D eigenvalue weighted by atomic mass is 16.2. The van der Waals surface area contributed by atoms with Crippen molar-refractivity contribution < 1.29 is 14.4 Å². The lowest BCUT2D eigenvalue weighted by Gasteiger charge is -2.37. The summed E-state index contributed by atoms with van der Waals surface area (Å²) in [5.74, 6) is -0.576. The number of aryl methyl sites for hydroxylation is 1. The molecule has 1 N–H and O–H groups in total. The standard InChI is InChI=1S/C25H29N3O3/c1-24(2,3)28(16-18-10-5-4-6-11-18)21(29)17-27-22(30)25(26-23(27)31)15-9-13-19-12-7-8-14-20(19)25/h4-8,10-12,14H,9,13,15-17H2,1-3H3,(H,26,31). The van der Waals surface area contributed by atoms with Crippen molar-refractivity contribution in [2.75, 3.05) is 6.54 Å². The molecular weight excluding hydrogens is 390 g/mol. The largest absolute Gasteiger partial charge is 0.332 e. The van der Waals surface area contributed by atoms with Crippen molar-refractivity contribution in [3.63, 3.8) is 0 Å². The Bertz CT molecular complexity index is 1010. The number of fused-ring (bicyclic) bond motifs is 2. The fourth-order valence-corrected chi connectivity index (χ4v) is 4.64. The number of hydrogen-bond donors (Lipinski definition) is 1. The fourth-order valence-electron chi connectivity index (χ4n) is 4.64. The summed E-state index contributed by atoms with van der Waals surface area (Å²) in [5, 5.41) is 2.92. The molecule has 2 aromatic rings. The van der Waals surface area contributed by atoms with E-state index in [0.717, 1.165) is 34.4 Å². The van der Waals surface area contributed by atoms with E-state index in [1.165, 1.54) is 0 Å². The summed E-state index contributed by atoms with van der Waals surface area (Å²) >= 11 is 0. The molecule has 0 saturated carbocycles. The van der Waals surface area contributed by atoms with Gasteiger partial charge >= 0.3 is 6.03 Å². The average molecular weight is 420 g/mol. The summed E-state index contributed by atoms with van der Waals surface area (Å²) in [4.78, 5) is 42.5. The first kappa shape index (κ1) is 21.1. The van der Waals surface area contributed by atoms with Crippen molar-refractivity contribution in [1.29, 1.82) is 0 Å². The average Bonchev–Trinajstić information content (AvgIpc) is 2.97. The van der Waals surface area contributed by atoms with E-state index in [-0.39, 0.29) is 18.4 Å². The molecular formula is C25H29N3O3. The molecule has 4 rings (SSSR count). The maximum atomic E-state index is 13.5. The first-order valence-corrected chi connectivity index (χ1v) is 10.8. The molecule has 2 aliphatic rings. The summed E-state index contributed by atoms with van der Waals surface area (Å²) in [6.07, 6.45) is 2.24. The van der Waals surface area contributed by atoms with Crippen LogP contribution in [-0.2, 0) is 28.1 Å². The third kappa shape index (κ3) is 3.82. The normalized spacial score (nSPS) is 20.5. The number of carbonyl (C=O) groups is 3. The van der Waals surface area contributed by atoms with E-state index in [9.17, 15) is 14.4 Å². The number of amides is 4. The lowest BCUT2D eigenvalue weighted by Crippen LogP contribution is -2.51. The van der Waals surface area contributed by atoms with Crippen LogP contribution in [0.1, 0.15) is 50.3 Å². The number of carbonyl (C=O) groups excluding carboxylic acids is 3. The molecule has 1 fully saturated rings. The number of urea groups is 1. The van der Waals surface area contributed by atoms with Crippen LogP contribution in [0.3, 0.4) is 0 Å². The quantitative estimate of drug-likeness (QED) is 0.770. The van der Waals surface area contributed by atoms with Crippen LogP contribution in [0.2, 0.25) is 0 Å². The second kappa shape index (κ2) is 7.84. The molecule has 31 heavy (non-hydrogen) atoms. The van der Waals surface area contributed by atoms with Crippen LogP contribution in [0.25, 0.3) is 0 Å². The SMILES string of the molecule is CC(C)(C)N(Cc1ccccc1)C(=O)CN1C(=O)NC2(CCCc3ccccc32)C1=O. The zero-order valence-electron chi connectivity index (χ0n) is 18.4. The molecule has 1 unspecified atom stereocenters. The van der Waals surface area contributed by atoms with Crippen molar-refractivity contribution in [2.24, 2.45) is 0 Å². The topological polar surface area (TPSA) is 69.7 Å². The number of nitrogens with one attached hydrogen (secondary N) is 1. The highest BCUT2D eigenvalue weighted by molar-refractivity contribution is 6.09. The van der Waals surface area contributed by atoms with Gasteiger partial charge in [-0.3, -0.25) is 14.5 Å². The highest BCUT2D eigenvalue weighted by Crippen LogP contribution is 2.39. The molecule has 1 spiro atoms. The molecule has 6 heteroatoms. The van der Waals surface area contributed by atoms with Crippen LogP contribution >= 0.6 is 0 Å². The Kier molecular flexibility index (Phi) is 5.33. The van der Waals surface area contributed by atoms with Gasteiger partial charge in [0.25, 0.3) is 5.91 Å². The predicted molar refractivity (Wildman–Crippen MR) is 118 cm³/mol. The highest BCUT2D eigenvalue weighted by Gasteiger charge is 2.54. The monoisotopic (exact) mass is 419 g/mol. The van der Waals surface area contributed by atoms with E-state index in [4.69, 9.17) is 0 Å². The number of hydrogen-bond acceptors (Lipinski definition) is 3. The van der Waals surface area contributed by atoms with Crippen molar-refractivity contribution in [2.45, 2.75) is 57.7 Å². The Labute approximate surface area is 183 Å². The lowest BCUT2D eigenvalue weighted by atomic mass is 9.76. The van der Waals surface area contributed by atoms with Crippen molar-refractivity contribution >= 4 is 17.8 Å². The van der Waals surface area contributed by atoms with Gasteiger partial charge < -0.3 is 10.2 Å². The summed E-state index contributed by atoms with van der Waals surface area (Å²) in [6, 6.07) is 17.0. The summed E-state index contributed by atoms with van der Waals surface area (Å²) < 4.78 is 0. The Balaban J connectivity index is 1.58. The van der Waals surface area contributed by atoms with Gasteiger partial charge in [-0.25, -0.2) is 4.79 Å². The van der Waals surface area contributed by atoms with E-state index in [1.807, 2.05) is 75.4 Å². The molecule has 6 nitrogen and oxygen atoms in total. The molecule has 0 bridgehead atoms. The zero-order chi connectivity index (χ0) is 22.2. The van der Waals surface area contributed by atoms with Gasteiger partial charge in [-0.05, 0) is 56.7 Å². The number of benzene rings is 2. The molecule has 4 amide bonds. The van der Waals surface area contributed by atoms with E-state index < -0.39 is 17.1 Å². The number of rotatable bonds is 4. The molecule has 1 aliphatic heterocycles. The first-order chi connectivity index (χ1) is 14.7. The minimum Gasteiger partial charge on any atom is -0.332 e. The van der Waals surface area contributed by atoms with E-state index in [1.54, 1.807) is 4.90 Å². The third-order valence-corrected chi connectivity index (χ3v) is 6.24. The van der Waals surface area contributed by atoms with E-state index in [2.05, 4.69) is 5.32 Å². The minimum absolute atomic E-state index is 0.249. The Morgan fingerprint density at radius 2 is 1.74 bits per heavy atom. The second-order valence-corrected chi connectivity index (χ2v) is 9.37. The lowest BCUT2D eigenvalue weighted by molar-refractivity contribution is -0.142. The third-order valence-electron chi connectivity index (χ3n) is 6.24. The Morgan fingerprint density at radius 1 is 1.06 bits per heavy atom. The van der Waals surface area contributed by atoms with Crippen LogP contribution in [0.4, 0.5) is 4.79 Å². The smallest absolute Gasteiger partial charge is 0.325 e. The van der Waals surface area contributed by atoms with E-state index >= 15 is 0 Å². The van der Waals surface area contributed by atoms with Crippen LogP contribution in [0.5, 0.6) is 0 Å². The Hall–Kier alpha value is -3.15. The van der Waals surface area contributed by atoms with Gasteiger partial charge in [0.1, 0.15) is 12.1 Å². The van der Waals surface area contributed by atoms with Crippen molar-refractivity contribution in [3.05, 3.63) is 71.3 Å². The molecule has 1 aliphatic carbocycles. The van der Waals surface area contributed by atoms with Gasteiger partial charge in [0.15, 0.2) is 0 Å². The molecule has 1 saturated heterocycles. The van der Waals surface area contributed by atoms with Crippen LogP contribution in [-0.4, -0.2) is 39.7 Å². The van der Waals surface area contributed by atoms with Gasteiger partial charge in [-0.15, -0.1) is 0 Å². The molecule has 162 valence electrons.